The summed E-state index contributed by atoms with van der Waals surface area (Å²) in [7, 11) is 0. The van der Waals surface area contributed by atoms with Gasteiger partial charge in [0.05, 0.1) is 0 Å². The van der Waals surface area contributed by atoms with Gasteiger partial charge in [-0.15, -0.1) is 0 Å². The molecule has 0 aliphatic rings. The number of carbonyl (C=O) groups excluding carboxylic acids is 1. The Bertz CT molecular complexity index is 513. The first kappa shape index (κ1) is 14.2. The van der Waals surface area contributed by atoms with Crippen molar-refractivity contribution in [3.8, 4) is 0 Å². The van der Waals surface area contributed by atoms with Crippen molar-refractivity contribution in [2.75, 3.05) is 0 Å². The third kappa shape index (κ3) is 4.46. The quantitative estimate of drug-likeness (QED) is 0.892. The predicted molar refractivity (Wildman–Crippen MR) is 73.0 cm³/mol. The van der Waals surface area contributed by atoms with Crippen molar-refractivity contribution in [1.82, 2.24) is 5.32 Å². The molecule has 0 atom stereocenters. The van der Waals surface area contributed by atoms with Crippen LogP contribution in [-0.2, 0) is 17.8 Å². The van der Waals surface area contributed by atoms with E-state index in [4.69, 9.17) is 0 Å². The summed E-state index contributed by atoms with van der Waals surface area (Å²) in [5.41, 5.74) is 1.77. The molecule has 2 nitrogen and oxygen atoms in total. The Morgan fingerprint density at radius 3 is 1.90 bits per heavy atom. The molecule has 0 unspecified atom stereocenters. The first-order valence-electron chi connectivity index (χ1n) is 6.39. The Hall–Kier alpha value is -2.23. The SMILES string of the molecule is O=C(CCc1ccc(F)cc1)NCc1ccc(F)cc1. The van der Waals surface area contributed by atoms with E-state index in [2.05, 4.69) is 5.32 Å². The van der Waals surface area contributed by atoms with E-state index in [1.807, 2.05) is 0 Å². The van der Waals surface area contributed by atoms with Gasteiger partial charge in [-0.1, -0.05) is 24.3 Å². The first-order valence-corrected chi connectivity index (χ1v) is 6.39. The maximum Gasteiger partial charge on any atom is 0.220 e. The minimum absolute atomic E-state index is 0.0846. The van der Waals surface area contributed by atoms with Gasteiger partial charge in [-0.3, -0.25) is 4.79 Å². The van der Waals surface area contributed by atoms with E-state index >= 15 is 0 Å². The standard InChI is InChI=1S/C16H15F2NO/c17-14-6-1-12(2-7-14)5-10-16(20)19-11-13-3-8-15(18)9-4-13/h1-4,6-9H,5,10-11H2,(H,19,20). The van der Waals surface area contributed by atoms with Crippen LogP contribution in [0.25, 0.3) is 0 Å². The molecule has 2 aromatic carbocycles. The second kappa shape index (κ2) is 6.80. The molecule has 0 fully saturated rings. The van der Waals surface area contributed by atoms with Crippen LogP contribution in [0.2, 0.25) is 0 Å². The van der Waals surface area contributed by atoms with Gasteiger partial charge in [-0.05, 0) is 41.8 Å². The van der Waals surface area contributed by atoms with Crippen LogP contribution in [-0.4, -0.2) is 5.91 Å². The lowest BCUT2D eigenvalue weighted by Gasteiger charge is -2.05. The monoisotopic (exact) mass is 275 g/mol. The predicted octanol–water partition coefficient (Wildman–Crippen LogP) is 3.21. The molecular formula is C16H15F2NO. The molecule has 4 heteroatoms. The van der Waals surface area contributed by atoms with Gasteiger partial charge in [0, 0.05) is 13.0 Å². The highest BCUT2D eigenvalue weighted by atomic mass is 19.1. The summed E-state index contributed by atoms with van der Waals surface area (Å²) in [6, 6.07) is 12.1. The summed E-state index contributed by atoms with van der Waals surface area (Å²) < 4.78 is 25.4. The van der Waals surface area contributed by atoms with Gasteiger partial charge in [0.25, 0.3) is 0 Å². The van der Waals surface area contributed by atoms with E-state index in [0.717, 1.165) is 11.1 Å². The molecule has 0 heterocycles. The Kier molecular flexibility index (Phi) is 4.82. The van der Waals surface area contributed by atoms with Crippen molar-refractivity contribution in [3.05, 3.63) is 71.3 Å². The second-order valence-corrected chi connectivity index (χ2v) is 4.53. The summed E-state index contributed by atoms with van der Waals surface area (Å²) in [6.45, 7) is 0.378. The van der Waals surface area contributed by atoms with Crippen LogP contribution in [0.4, 0.5) is 8.78 Å². The molecule has 0 aliphatic heterocycles. The Labute approximate surface area is 116 Å². The summed E-state index contributed by atoms with van der Waals surface area (Å²) in [6.07, 6.45) is 0.905. The Balaban J connectivity index is 1.75. The molecule has 20 heavy (non-hydrogen) atoms. The molecule has 0 saturated heterocycles. The lowest BCUT2D eigenvalue weighted by Crippen LogP contribution is -2.22. The van der Waals surface area contributed by atoms with Crippen LogP contribution >= 0.6 is 0 Å². The summed E-state index contributed by atoms with van der Waals surface area (Å²) in [5.74, 6) is -0.662. The van der Waals surface area contributed by atoms with Crippen LogP contribution in [0.3, 0.4) is 0 Å². The molecule has 0 bridgehead atoms. The van der Waals surface area contributed by atoms with E-state index in [-0.39, 0.29) is 17.5 Å². The zero-order valence-corrected chi connectivity index (χ0v) is 10.9. The van der Waals surface area contributed by atoms with Gasteiger partial charge in [0.1, 0.15) is 11.6 Å². The number of aryl methyl sites for hydroxylation is 1. The third-order valence-electron chi connectivity index (χ3n) is 2.96. The fourth-order valence-electron chi connectivity index (χ4n) is 1.80. The molecule has 0 aliphatic carbocycles. The molecule has 0 spiro atoms. The van der Waals surface area contributed by atoms with Crippen molar-refractivity contribution < 1.29 is 13.6 Å². The molecule has 0 radical (unpaired) electrons. The lowest BCUT2D eigenvalue weighted by atomic mass is 10.1. The smallest absolute Gasteiger partial charge is 0.220 e. The van der Waals surface area contributed by atoms with Crippen LogP contribution in [0, 0.1) is 11.6 Å². The summed E-state index contributed by atoms with van der Waals surface area (Å²) in [5, 5.41) is 2.76. The number of nitrogens with one attached hydrogen (secondary N) is 1. The van der Waals surface area contributed by atoms with E-state index in [1.54, 1.807) is 24.3 Å². The van der Waals surface area contributed by atoms with Gasteiger partial charge in [0.2, 0.25) is 5.91 Å². The zero-order valence-electron chi connectivity index (χ0n) is 10.9. The minimum atomic E-state index is -0.295. The molecule has 1 amide bonds. The Morgan fingerprint density at radius 1 is 0.850 bits per heavy atom. The Morgan fingerprint density at radius 2 is 1.35 bits per heavy atom. The van der Waals surface area contributed by atoms with Crippen LogP contribution in [0.15, 0.2) is 48.5 Å². The average molecular weight is 275 g/mol. The summed E-state index contributed by atoms with van der Waals surface area (Å²) in [4.78, 5) is 11.7. The maximum absolute atomic E-state index is 12.7. The number of benzene rings is 2. The first-order chi connectivity index (χ1) is 9.63. The van der Waals surface area contributed by atoms with Crippen molar-refractivity contribution in [1.29, 1.82) is 0 Å². The minimum Gasteiger partial charge on any atom is -0.352 e. The van der Waals surface area contributed by atoms with Crippen molar-refractivity contribution in [2.45, 2.75) is 19.4 Å². The van der Waals surface area contributed by atoms with Crippen LogP contribution in [0.1, 0.15) is 17.5 Å². The van der Waals surface area contributed by atoms with Gasteiger partial charge in [-0.25, -0.2) is 8.78 Å². The highest BCUT2D eigenvalue weighted by molar-refractivity contribution is 5.76. The molecular weight excluding hydrogens is 260 g/mol. The highest BCUT2D eigenvalue weighted by Crippen LogP contribution is 2.06. The third-order valence-corrected chi connectivity index (χ3v) is 2.96. The van der Waals surface area contributed by atoms with Crippen LogP contribution < -0.4 is 5.32 Å². The largest absolute Gasteiger partial charge is 0.352 e. The number of carbonyl (C=O) groups is 1. The fourth-order valence-corrected chi connectivity index (χ4v) is 1.80. The molecule has 0 saturated carbocycles. The van der Waals surface area contributed by atoms with Gasteiger partial charge in [0.15, 0.2) is 0 Å². The number of halogens is 2. The second-order valence-electron chi connectivity index (χ2n) is 4.53. The molecule has 0 aromatic heterocycles. The number of hydrogen-bond donors (Lipinski definition) is 1. The van der Waals surface area contributed by atoms with Gasteiger partial charge < -0.3 is 5.32 Å². The van der Waals surface area contributed by atoms with Gasteiger partial charge >= 0.3 is 0 Å². The molecule has 1 N–H and O–H groups in total. The van der Waals surface area contributed by atoms with Crippen molar-refractivity contribution >= 4 is 5.91 Å². The van der Waals surface area contributed by atoms with E-state index in [9.17, 15) is 13.6 Å². The fraction of sp³-hybridized carbons (Fsp3) is 0.188. The molecule has 2 aromatic rings. The van der Waals surface area contributed by atoms with E-state index < -0.39 is 0 Å². The maximum atomic E-state index is 12.7. The van der Waals surface area contributed by atoms with Gasteiger partial charge in [-0.2, -0.15) is 0 Å². The molecule has 2 rings (SSSR count). The number of amides is 1. The zero-order chi connectivity index (χ0) is 14.4. The number of rotatable bonds is 5. The highest BCUT2D eigenvalue weighted by Gasteiger charge is 2.03. The van der Waals surface area contributed by atoms with Crippen LogP contribution in [0.5, 0.6) is 0 Å². The normalized spacial score (nSPS) is 10.3. The van der Waals surface area contributed by atoms with Crippen molar-refractivity contribution in [3.63, 3.8) is 0 Å². The average Bonchev–Trinajstić information content (AvgIpc) is 2.46. The molecule has 104 valence electrons. The van der Waals surface area contributed by atoms with E-state index in [1.165, 1.54) is 24.3 Å². The van der Waals surface area contributed by atoms with Crippen molar-refractivity contribution in [2.24, 2.45) is 0 Å². The van der Waals surface area contributed by atoms with E-state index in [0.29, 0.717) is 19.4 Å². The summed E-state index contributed by atoms with van der Waals surface area (Å²) >= 11 is 0. The topological polar surface area (TPSA) is 29.1 Å². The lowest BCUT2D eigenvalue weighted by molar-refractivity contribution is -0.121. The number of hydrogen-bond acceptors (Lipinski definition) is 1.